The molecule has 3 fully saturated rings. The third-order valence-corrected chi connectivity index (χ3v) is 9.83. The van der Waals surface area contributed by atoms with Crippen molar-refractivity contribution in [3.05, 3.63) is 65.5 Å². The highest BCUT2D eigenvalue weighted by Gasteiger charge is 2.76. The molecule has 202 valence electrons. The predicted molar refractivity (Wildman–Crippen MR) is 135 cm³/mol. The fourth-order valence-electron chi connectivity index (χ4n) is 6.62. The van der Waals surface area contributed by atoms with Gasteiger partial charge in [0.1, 0.15) is 17.3 Å². The number of halogens is 3. The summed E-state index contributed by atoms with van der Waals surface area (Å²) in [4.78, 5) is 50.2. The molecule has 2 aromatic rings. The predicted octanol–water partition coefficient (Wildman–Crippen LogP) is 3.49. The fraction of sp³-hybridized carbons (Fsp3) is 0.333. The summed E-state index contributed by atoms with van der Waals surface area (Å²) in [6.07, 6.45) is 1.44. The van der Waals surface area contributed by atoms with Gasteiger partial charge in [-0.2, -0.15) is 5.06 Å². The molecule has 0 radical (unpaired) electrons. The molecule has 2 aliphatic heterocycles. The van der Waals surface area contributed by atoms with Gasteiger partial charge in [0, 0.05) is 17.5 Å². The van der Waals surface area contributed by atoms with Crippen molar-refractivity contribution in [2.45, 2.75) is 28.5 Å². The number of phenols is 1. The highest BCUT2D eigenvalue weighted by atomic mass is 35.5. The zero-order valence-corrected chi connectivity index (χ0v) is 21.8. The van der Waals surface area contributed by atoms with Gasteiger partial charge < -0.3 is 9.84 Å². The van der Waals surface area contributed by atoms with Crippen LogP contribution < -0.4 is 9.64 Å². The molecule has 0 unspecified atom stereocenters. The van der Waals surface area contributed by atoms with E-state index in [-0.39, 0.29) is 34.9 Å². The number of allylic oxidation sites excluding steroid dienone is 2. The fourth-order valence-corrected chi connectivity index (χ4v) is 7.55. The molecule has 12 heteroatoms. The van der Waals surface area contributed by atoms with Crippen molar-refractivity contribution < 1.29 is 38.6 Å². The first-order chi connectivity index (χ1) is 18.5. The van der Waals surface area contributed by atoms with Gasteiger partial charge in [0.15, 0.2) is 9.75 Å². The largest absolute Gasteiger partial charge is 0.508 e. The van der Waals surface area contributed by atoms with Crippen LogP contribution in [0.3, 0.4) is 0 Å². The van der Waals surface area contributed by atoms with Gasteiger partial charge in [-0.1, -0.05) is 17.7 Å². The number of rotatable bonds is 3. The molecule has 9 nitrogen and oxygen atoms in total. The summed E-state index contributed by atoms with van der Waals surface area (Å²) in [5.74, 6) is -7.94. The number of hydrogen-bond donors (Lipinski definition) is 2. The standard InChI is InChI=1S/C27H21Cl2FN2O7/c1-39-14-6-7-16(19(33)10-14)21-15-8-9-17-20(23(35)32(38)22(17)34)18(15)11-26(28)24(36)31(25(37)27(21,26)29)13-4-2-12(30)3-5-13/h2-8,10,17-18,20-21,33,38H,9,11H2,1H3/t17-,18+,20-,21+,26+,27-/m0/s1. The summed E-state index contributed by atoms with van der Waals surface area (Å²) in [5, 5.41) is 21.2. The molecule has 0 spiro atoms. The van der Waals surface area contributed by atoms with Crippen LogP contribution >= 0.6 is 23.2 Å². The number of benzene rings is 2. The lowest BCUT2D eigenvalue weighted by Gasteiger charge is -2.50. The van der Waals surface area contributed by atoms with Crippen LogP contribution in [-0.4, -0.2) is 55.9 Å². The number of carbonyl (C=O) groups is 4. The number of amides is 4. The maximum Gasteiger partial charge on any atom is 0.258 e. The third-order valence-electron chi connectivity index (χ3n) is 8.42. The number of imide groups is 2. The van der Waals surface area contributed by atoms with Crippen molar-refractivity contribution in [3.8, 4) is 11.5 Å². The Kier molecular flexibility index (Phi) is 5.63. The Bertz CT molecular complexity index is 1500. The Morgan fingerprint density at radius 1 is 1.00 bits per heavy atom. The number of fused-ring (bicyclic) bond motifs is 4. The average Bonchev–Trinajstić information content (AvgIpc) is 3.23. The zero-order valence-electron chi connectivity index (χ0n) is 20.3. The SMILES string of the molecule is COc1ccc([C@H]2C3=CC[C@@H]4C(=O)N(O)C(=O)[C@@H]4[C@@H]3C[C@@]3(Cl)C(=O)N(c4ccc(F)cc4)C(=O)[C@@]23Cl)c(O)c1. The summed E-state index contributed by atoms with van der Waals surface area (Å²) in [7, 11) is 1.41. The number of phenolic OH excluding ortho intramolecular Hbond substituents is 1. The number of anilines is 1. The van der Waals surface area contributed by atoms with E-state index in [9.17, 15) is 33.9 Å². The minimum Gasteiger partial charge on any atom is -0.508 e. The first kappa shape index (κ1) is 25.8. The number of ether oxygens (including phenoxy) is 1. The van der Waals surface area contributed by atoms with Crippen molar-refractivity contribution >= 4 is 52.5 Å². The van der Waals surface area contributed by atoms with E-state index in [1.807, 2.05) is 0 Å². The first-order valence-electron chi connectivity index (χ1n) is 12.1. The summed E-state index contributed by atoms with van der Waals surface area (Å²) in [6.45, 7) is 0. The molecule has 2 aromatic carbocycles. The molecule has 4 amide bonds. The lowest BCUT2D eigenvalue weighted by atomic mass is 9.56. The Morgan fingerprint density at radius 2 is 1.69 bits per heavy atom. The van der Waals surface area contributed by atoms with Gasteiger partial charge in [0.25, 0.3) is 23.6 Å². The first-order valence-corrected chi connectivity index (χ1v) is 12.9. The number of methoxy groups -OCH3 is 1. The summed E-state index contributed by atoms with van der Waals surface area (Å²) in [6, 6.07) is 9.01. The number of aromatic hydroxyl groups is 1. The molecule has 2 aliphatic carbocycles. The second-order valence-corrected chi connectivity index (χ2v) is 11.4. The molecule has 2 saturated heterocycles. The minimum atomic E-state index is -2.17. The summed E-state index contributed by atoms with van der Waals surface area (Å²) in [5.41, 5.74) is 0.647. The van der Waals surface area contributed by atoms with Gasteiger partial charge in [0.05, 0.1) is 24.6 Å². The van der Waals surface area contributed by atoms with Crippen molar-refractivity contribution in [2.24, 2.45) is 17.8 Å². The van der Waals surface area contributed by atoms with Crippen molar-refractivity contribution in [2.75, 3.05) is 12.0 Å². The van der Waals surface area contributed by atoms with Gasteiger partial charge in [-0.15, -0.1) is 23.2 Å². The maximum absolute atomic E-state index is 14.1. The van der Waals surface area contributed by atoms with Crippen LogP contribution in [0.25, 0.3) is 0 Å². The van der Waals surface area contributed by atoms with E-state index < -0.39 is 62.9 Å². The second-order valence-electron chi connectivity index (χ2n) is 10.2. The van der Waals surface area contributed by atoms with E-state index in [4.69, 9.17) is 27.9 Å². The van der Waals surface area contributed by atoms with Crippen LogP contribution in [0, 0.1) is 23.6 Å². The van der Waals surface area contributed by atoms with E-state index in [0.29, 0.717) is 11.3 Å². The van der Waals surface area contributed by atoms with E-state index in [1.165, 1.54) is 31.4 Å². The number of alkyl halides is 2. The third kappa shape index (κ3) is 3.22. The minimum absolute atomic E-state index is 0.0436. The second kappa shape index (κ2) is 8.51. The van der Waals surface area contributed by atoms with E-state index in [0.717, 1.165) is 17.0 Å². The quantitative estimate of drug-likeness (QED) is 0.249. The molecular weight excluding hydrogens is 554 g/mol. The average molecular weight is 575 g/mol. The molecule has 4 aliphatic rings. The van der Waals surface area contributed by atoms with Crippen LogP contribution in [0.2, 0.25) is 0 Å². The lowest BCUT2D eigenvalue weighted by Crippen LogP contribution is -2.60. The van der Waals surface area contributed by atoms with Gasteiger partial charge in [-0.3, -0.25) is 24.4 Å². The van der Waals surface area contributed by atoms with Crippen molar-refractivity contribution in [1.29, 1.82) is 0 Å². The highest BCUT2D eigenvalue weighted by molar-refractivity contribution is 6.58. The normalized spacial score (nSPS) is 33.6. The number of carbonyl (C=O) groups excluding carboxylic acids is 4. The Labute approximate surface area is 231 Å². The molecule has 0 aromatic heterocycles. The highest BCUT2D eigenvalue weighted by Crippen LogP contribution is 2.66. The molecule has 6 rings (SSSR count). The van der Waals surface area contributed by atoms with Crippen LogP contribution in [0.15, 0.2) is 54.1 Å². The van der Waals surface area contributed by atoms with Crippen LogP contribution in [-0.2, 0) is 19.2 Å². The van der Waals surface area contributed by atoms with Crippen LogP contribution in [0.4, 0.5) is 10.1 Å². The van der Waals surface area contributed by atoms with Gasteiger partial charge in [-0.05, 0) is 49.1 Å². The Morgan fingerprint density at radius 3 is 2.33 bits per heavy atom. The monoisotopic (exact) mass is 574 g/mol. The van der Waals surface area contributed by atoms with E-state index in [2.05, 4.69) is 0 Å². The van der Waals surface area contributed by atoms with Gasteiger partial charge >= 0.3 is 0 Å². The lowest BCUT2D eigenvalue weighted by molar-refractivity contribution is -0.173. The molecule has 0 bridgehead atoms. The van der Waals surface area contributed by atoms with Crippen molar-refractivity contribution in [3.63, 3.8) is 0 Å². The summed E-state index contributed by atoms with van der Waals surface area (Å²) >= 11 is 14.3. The van der Waals surface area contributed by atoms with Gasteiger partial charge in [-0.25, -0.2) is 9.29 Å². The molecule has 1 saturated carbocycles. The number of hydroxylamine groups is 2. The van der Waals surface area contributed by atoms with Crippen LogP contribution in [0.5, 0.6) is 11.5 Å². The summed E-state index contributed by atoms with van der Waals surface area (Å²) < 4.78 is 18.8. The van der Waals surface area contributed by atoms with E-state index in [1.54, 1.807) is 12.1 Å². The van der Waals surface area contributed by atoms with Crippen molar-refractivity contribution in [1.82, 2.24) is 5.06 Å². The zero-order chi connectivity index (χ0) is 28.0. The smallest absolute Gasteiger partial charge is 0.258 e. The molecule has 2 N–H and O–H groups in total. The molecule has 6 atom stereocenters. The maximum atomic E-state index is 14.1. The number of nitrogens with zero attached hydrogens (tertiary/aromatic N) is 2. The molecular formula is C27H21Cl2FN2O7. The molecule has 39 heavy (non-hydrogen) atoms. The number of hydrogen-bond acceptors (Lipinski definition) is 7. The van der Waals surface area contributed by atoms with E-state index >= 15 is 0 Å². The van der Waals surface area contributed by atoms with Crippen LogP contribution in [0.1, 0.15) is 24.3 Å². The Hall–Kier alpha value is -3.47. The Balaban J connectivity index is 1.58. The van der Waals surface area contributed by atoms with Gasteiger partial charge in [0.2, 0.25) is 0 Å². The topological polar surface area (TPSA) is 124 Å². The molecule has 2 heterocycles.